The van der Waals surface area contributed by atoms with E-state index in [0.717, 1.165) is 0 Å². The van der Waals surface area contributed by atoms with Crippen molar-refractivity contribution in [2.45, 2.75) is 6.92 Å². The quantitative estimate of drug-likeness (QED) is 0.623. The summed E-state index contributed by atoms with van der Waals surface area (Å²) in [6.45, 7) is 2.02. The number of nitrogens with two attached hydrogens (primary N) is 1. The predicted molar refractivity (Wildman–Crippen MR) is 46.6 cm³/mol. The molecule has 0 aromatic rings. The van der Waals surface area contributed by atoms with Gasteiger partial charge in [0, 0.05) is 0 Å². The van der Waals surface area contributed by atoms with Gasteiger partial charge in [-0.05, 0) is 19.1 Å². The molecule has 1 aliphatic heterocycles. The van der Waals surface area contributed by atoms with Gasteiger partial charge in [0.25, 0.3) is 6.02 Å². The van der Waals surface area contributed by atoms with Crippen molar-refractivity contribution in [1.29, 1.82) is 0 Å². The molecule has 5 heteroatoms. The minimum atomic E-state index is -0.513. The van der Waals surface area contributed by atoms with Crippen LogP contribution in [0, 0.1) is 0 Å². The van der Waals surface area contributed by atoms with E-state index >= 15 is 0 Å². The van der Waals surface area contributed by atoms with Crippen LogP contribution in [-0.2, 0) is 14.3 Å². The number of ether oxygens (including phenoxy) is 2. The van der Waals surface area contributed by atoms with Crippen LogP contribution in [0.1, 0.15) is 6.92 Å². The monoisotopic (exact) mass is 182 g/mol. The molecule has 5 nitrogen and oxygen atoms in total. The molecule has 1 aliphatic rings. The smallest absolute Gasteiger partial charge is 0.357 e. The van der Waals surface area contributed by atoms with Crippen LogP contribution in [0.2, 0.25) is 0 Å². The van der Waals surface area contributed by atoms with Gasteiger partial charge in [0.2, 0.25) is 0 Å². The molecule has 0 bridgehead atoms. The van der Waals surface area contributed by atoms with Crippen LogP contribution in [-0.4, -0.2) is 18.6 Å². The van der Waals surface area contributed by atoms with Crippen molar-refractivity contribution < 1.29 is 14.3 Å². The summed E-state index contributed by atoms with van der Waals surface area (Å²) in [5, 5.41) is 0. The van der Waals surface area contributed by atoms with E-state index in [9.17, 15) is 4.79 Å². The highest BCUT2D eigenvalue weighted by molar-refractivity contribution is 5.92. The lowest BCUT2D eigenvalue weighted by Gasteiger charge is -2.00. The lowest BCUT2D eigenvalue weighted by molar-refractivity contribution is -0.138. The van der Waals surface area contributed by atoms with Gasteiger partial charge >= 0.3 is 5.97 Å². The maximum atomic E-state index is 11.2. The van der Waals surface area contributed by atoms with Crippen molar-refractivity contribution in [2.75, 3.05) is 6.61 Å². The van der Waals surface area contributed by atoms with Crippen LogP contribution in [0.4, 0.5) is 0 Å². The second kappa shape index (κ2) is 4.30. The number of allylic oxidation sites excluding steroid dienone is 2. The van der Waals surface area contributed by atoms with Crippen molar-refractivity contribution in [3.05, 3.63) is 24.1 Å². The third-order valence-electron chi connectivity index (χ3n) is 1.24. The maximum Gasteiger partial charge on any atom is 0.357 e. The second-order valence-electron chi connectivity index (χ2n) is 2.17. The molecule has 13 heavy (non-hydrogen) atoms. The lowest BCUT2D eigenvalue weighted by atomic mass is 10.4. The third kappa shape index (κ3) is 2.62. The number of hydrogen-bond acceptors (Lipinski definition) is 5. The van der Waals surface area contributed by atoms with Crippen molar-refractivity contribution in [1.82, 2.24) is 0 Å². The van der Waals surface area contributed by atoms with Gasteiger partial charge in [-0.25, -0.2) is 4.79 Å². The van der Waals surface area contributed by atoms with Crippen molar-refractivity contribution in [3.63, 3.8) is 0 Å². The molecular weight excluding hydrogens is 172 g/mol. The number of hydrogen-bond donors (Lipinski definition) is 1. The van der Waals surface area contributed by atoms with Gasteiger partial charge in [-0.3, -0.25) is 0 Å². The van der Waals surface area contributed by atoms with Crippen molar-refractivity contribution in [2.24, 2.45) is 10.7 Å². The Hall–Kier alpha value is -1.78. The minimum absolute atomic E-state index is 0.0759. The van der Waals surface area contributed by atoms with E-state index in [0.29, 0.717) is 6.61 Å². The average molecular weight is 182 g/mol. The van der Waals surface area contributed by atoms with Gasteiger partial charge in [-0.2, -0.15) is 4.99 Å². The molecule has 0 saturated carbocycles. The topological polar surface area (TPSA) is 73.9 Å². The van der Waals surface area contributed by atoms with Gasteiger partial charge in [-0.15, -0.1) is 0 Å². The first-order chi connectivity index (χ1) is 6.24. The molecule has 0 aromatic carbocycles. The Morgan fingerprint density at radius 2 is 2.54 bits per heavy atom. The highest BCUT2D eigenvalue weighted by Crippen LogP contribution is 2.04. The van der Waals surface area contributed by atoms with Crippen LogP contribution in [0.5, 0.6) is 0 Å². The number of rotatable bonds is 2. The number of esters is 1. The van der Waals surface area contributed by atoms with E-state index in [1.165, 1.54) is 18.4 Å². The number of aliphatic imine (C=N–C) groups is 1. The normalized spacial score (nSPS) is 15.2. The zero-order chi connectivity index (χ0) is 9.68. The zero-order valence-corrected chi connectivity index (χ0v) is 7.19. The summed E-state index contributed by atoms with van der Waals surface area (Å²) in [5.74, 6) is -0.513. The van der Waals surface area contributed by atoms with Crippen molar-refractivity contribution in [3.8, 4) is 0 Å². The standard InChI is InChI=1S/C8H10N2O3/c1-2-12-7(11)6-4-3-5-13-8(9)10-6/h3-5H,2H2,1H3,(H2,9,10). The van der Waals surface area contributed by atoms with Gasteiger partial charge in [-0.1, -0.05) is 0 Å². The number of amidine groups is 1. The molecule has 2 N–H and O–H groups in total. The largest absolute Gasteiger partial charge is 0.461 e. The van der Waals surface area contributed by atoms with Crippen LogP contribution < -0.4 is 5.73 Å². The molecule has 1 rings (SSSR count). The van der Waals surface area contributed by atoms with Gasteiger partial charge < -0.3 is 15.2 Å². The van der Waals surface area contributed by atoms with E-state index in [1.807, 2.05) is 0 Å². The van der Waals surface area contributed by atoms with Gasteiger partial charge in [0.1, 0.15) is 0 Å². The summed E-state index contributed by atoms with van der Waals surface area (Å²) in [6, 6.07) is -0.0759. The summed E-state index contributed by atoms with van der Waals surface area (Å²) >= 11 is 0. The highest BCUT2D eigenvalue weighted by atomic mass is 16.5. The van der Waals surface area contributed by atoms with Gasteiger partial charge in [0.05, 0.1) is 12.9 Å². The maximum absolute atomic E-state index is 11.2. The molecule has 0 saturated heterocycles. The minimum Gasteiger partial charge on any atom is -0.461 e. The molecule has 0 radical (unpaired) electrons. The van der Waals surface area contributed by atoms with E-state index in [4.69, 9.17) is 15.2 Å². The van der Waals surface area contributed by atoms with E-state index in [2.05, 4.69) is 4.99 Å². The first-order valence-electron chi connectivity index (χ1n) is 3.79. The summed E-state index contributed by atoms with van der Waals surface area (Å²) in [5.41, 5.74) is 5.42. The van der Waals surface area contributed by atoms with Crippen LogP contribution >= 0.6 is 0 Å². The zero-order valence-electron chi connectivity index (χ0n) is 7.19. The fourth-order valence-electron chi connectivity index (χ4n) is 0.740. The lowest BCUT2D eigenvalue weighted by Crippen LogP contribution is -2.15. The first-order valence-corrected chi connectivity index (χ1v) is 3.79. The molecule has 0 amide bonds. The van der Waals surface area contributed by atoms with Crippen molar-refractivity contribution >= 4 is 12.0 Å². The van der Waals surface area contributed by atoms with Crippen LogP contribution in [0.3, 0.4) is 0 Å². The summed E-state index contributed by atoms with van der Waals surface area (Å²) in [4.78, 5) is 14.8. The highest BCUT2D eigenvalue weighted by Gasteiger charge is 2.10. The number of nitrogens with zero attached hydrogens (tertiary/aromatic N) is 1. The molecule has 0 aromatic heterocycles. The Bertz CT molecular complexity index is 292. The first kappa shape index (κ1) is 9.31. The second-order valence-corrected chi connectivity index (χ2v) is 2.17. The molecule has 0 spiro atoms. The summed E-state index contributed by atoms with van der Waals surface area (Å²) in [6.07, 6.45) is 4.33. The molecule has 0 aliphatic carbocycles. The predicted octanol–water partition coefficient (Wildman–Crippen LogP) is 0.292. The van der Waals surface area contributed by atoms with Crippen LogP contribution in [0.15, 0.2) is 29.1 Å². The molecule has 0 atom stereocenters. The fraction of sp³-hybridized carbons (Fsp3) is 0.250. The number of carbonyl (C=O) groups is 1. The summed E-state index contributed by atoms with van der Waals surface area (Å²) in [7, 11) is 0. The Labute approximate surface area is 75.5 Å². The average Bonchev–Trinajstić information content (AvgIpc) is 2.30. The fourth-order valence-corrected chi connectivity index (χ4v) is 0.740. The molecule has 0 unspecified atom stereocenters. The SMILES string of the molecule is CCOC(=O)C1=CC=COC(N)=N1. The molecule has 1 heterocycles. The van der Waals surface area contributed by atoms with E-state index in [-0.39, 0.29) is 11.7 Å². The number of carbonyl (C=O) groups excluding carboxylic acids is 1. The molecule has 0 fully saturated rings. The summed E-state index contributed by atoms with van der Waals surface area (Å²) < 4.78 is 9.47. The Morgan fingerprint density at radius 1 is 1.77 bits per heavy atom. The third-order valence-corrected chi connectivity index (χ3v) is 1.24. The Balaban J connectivity index is 2.78. The Kier molecular flexibility index (Phi) is 3.08. The van der Waals surface area contributed by atoms with E-state index < -0.39 is 5.97 Å². The van der Waals surface area contributed by atoms with E-state index in [1.54, 1.807) is 6.92 Å². The molecular formula is C8H10N2O3. The van der Waals surface area contributed by atoms with Gasteiger partial charge in [0.15, 0.2) is 5.70 Å². The van der Waals surface area contributed by atoms with Crippen LogP contribution in [0.25, 0.3) is 0 Å². The Morgan fingerprint density at radius 3 is 3.23 bits per heavy atom. The molecule has 70 valence electrons.